The lowest BCUT2D eigenvalue weighted by Crippen LogP contribution is -2.38. The molecular formula is C37H39N3O10. The zero-order valence-electron chi connectivity index (χ0n) is 28.7. The van der Waals surface area contributed by atoms with Crippen molar-refractivity contribution < 1.29 is 47.5 Å². The Morgan fingerprint density at radius 3 is 2.00 bits per heavy atom. The number of nitrogens with one attached hydrogen (secondary N) is 2. The van der Waals surface area contributed by atoms with Crippen LogP contribution in [-0.4, -0.2) is 67.5 Å². The highest BCUT2D eigenvalue weighted by atomic mass is 16.6. The largest absolute Gasteiger partial charge is 0.497 e. The zero-order chi connectivity index (χ0) is 35.2. The number of ether oxygens (including phenoxy) is 8. The molecule has 2 N–H and O–H groups in total. The number of carbonyl (C=O) groups excluding carboxylic acids is 1. The maximum absolute atomic E-state index is 12.8. The highest BCUT2D eigenvalue weighted by Gasteiger charge is 2.28. The fourth-order valence-corrected chi connectivity index (χ4v) is 5.80. The van der Waals surface area contributed by atoms with Gasteiger partial charge in [-0.3, -0.25) is 4.79 Å². The standard InChI is InChI=1S/C37H39N3O10/c1-42-24-9-10-26-25(19-24)37(41)39-36(38-26)22-8-12-29(31(16-22)44-3)48-13-14-49-32-15-21(7-11-28(32)43-2)30-20-27(40-50-30)23-17-33(45-4)35(47-6)34(18-23)46-5/h7-12,15-19,30,36,38H,13-14,20H2,1-6H3,(H,39,41). The van der Waals surface area contributed by atoms with E-state index in [2.05, 4.69) is 15.8 Å². The van der Waals surface area contributed by atoms with Crippen molar-refractivity contribution in [3.05, 3.63) is 89.0 Å². The van der Waals surface area contributed by atoms with Crippen molar-refractivity contribution in [1.29, 1.82) is 0 Å². The third-order valence-corrected chi connectivity index (χ3v) is 8.39. The Hall–Kier alpha value is -5.98. The lowest BCUT2D eigenvalue weighted by atomic mass is 9.99. The molecule has 2 aliphatic heterocycles. The molecule has 262 valence electrons. The molecular weight excluding hydrogens is 646 g/mol. The number of amides is 1. The van der Waals surface area contributed by atoms with Gasteiger partial charge in [0.25, 0.3) is 5.91 Å². The van der Waals surface area contributed by atoms with Crippen LogP contribution in [0.25, 0.3) is 0 Å². The molecule has 0 aliphatic carbocycles. The van der Waals surface area contributed by atoms with E-state index in [1.807, 2.05) is 48.5 Å². The molecule has 50 heavy (non-hydrogen) atoms. The minimum Gasteiger partial charge on any atom is -0.497 e. The maximum atomic E-state index is 12.8. The summed E-state index contributed by atoms with van der Waals surface area (Å²) in [4.78, 5) is 18.7. The fraction of sp³-hybridized carbons (Fsp3) is 0.297. The van der Waals surface area contributed by atoms with E-state index in [4.69, 9.17) is 42.7 Å². The van der Waals surface area contributed by atoms with E-state index in [0.717, 1.165) is 22.4 Å². The first-order chi connectivity index (χ1) is 24.4. The number of rotatable bonds is 14. The van der Waals surface area contributed by atoms with Crippen LogP contribution in [0.1, 0.15) is 45.7 Å². The zero-order valence-corrected chi connectivity index (χ0v) is 28.7. The van der Waals surface area contributed by atoms with Gasteiger partial charge in [-0.2, -0.15) is 0 Å². The van der Waals surface area contributed by atoms with Crippen LogP contribution in [0.3, 0.4) is 0 Å². The predicted molar refractivity (Wildman–Crippen MR) is 185 cm³/mol. The van der Waals surface area contributed by atoms with Crippen molar-refractivity contribution in [1.82, 2.24) is 5.32 Å². The molecule has 6 rings (SSSR count). The van der Waals surface area contributed by atoms with Crippen molar-refractivity contribution in [3.63, 3.8) is 0 Å². The van der Waals surface area contributed by atoms with Crippen LogP contribution >= 0.6 is 0 Å². The smallest absolute Gasteiger partial charge is 0.255 e. The molecule has 0 aromatic heterocycles. The van der Waals surface area contributed by atoms with E-state index in [-0.39, 0.29) is 25.2 Å². The minimum absolute atomic E-state index is 0.204. The van der Waals surface area contributed by atoms with Crippen LogP contribution in [-0.2, 0) is 4.84 Å². The Morgan fingerprint density at radius 2 is 1.32 bits per heavy atom. The van der Waals surface area contributed by atoms with Crippen molar-refractivity contribution >= 4 is 17.3 Å². The fourth-order valence-electron chi connectivity index (χ4n) is 5.80. The molecule has 2 unspecified atom stereocenters. The van der Waals surface area contributed by atoms with Crippen LogP contribution in [0.15, 0.2) is 71.9 Å². The molecule has 2 aliphatic rings. The Bertz CT molecular complexity index is 1870. The van der Waals surface area contributed by atoms with Crippen molar-refractivity contribution in [2.45, 2.75) is 18.7 Å². The van der Waals surface area contributed by atoms with Crippen LogP contribution in [0.4, 0.5) is 5.69 Å². The first-order valence-electron chi connectivity index (χ1n) is 15.8. The van der Waals surface area contributed by atoms with Crippen molar-refractivity contribution in [2.75, 3.05) is 61.2 Å². The average molecular weight is 686 g/mol. The first-order valence-corrected chi connectivity index (χ1v) is 15.8. The van der Waals surface area contributed by atoms with E-state index in [9.17, 15) is 4.79 Å². The molecule has 0 radical (unpaired) electrons. The number of hydrogen-bond donors (Lipinski definition) is 2. The highest BCUT2D eigenvalue weighted by Crippen LogP contribution is 2.41. The maximum Gasteiger partial charge on any atom is 0.255 e. The molecule has 13 nitrogen and oxygen atoms in total. The number of anilines is 1. The van der Waals surface area contributed by atoms with E-state index in [1.165, 1.54) is 0 Å². The second-order valence-electron chi connectivity index (χ2n) is 11.2. The molecule has 0 saturated carbocycles. The Kier molecular flexibility index (Phi) is 10.2. The molecule has 2 heterocycles. The monoisotopic (exact) mass is 685 g/mol. The Labute approximate surface area is 289 Å². The van der Waals surface area contributed by atoms with Gasteiger partial charge in [0.2, 0.25) is 5.75 Å². The van der Waals surface area contributed by atoms with Gasteiger partial charge in [-0.1, -0.05) is 17.3 Å². The van der Waals surface area contributed by atoms with E-state index in [0.29, 0.717) is 63.7 Å². The molecule has 1 amide bonds. The third kappa shape index (κ3) is 6.93. The normalized spacial score (nSPS) is 16.1. The summed E-state index contributed by atoms with van der Waals surface area (Å²) in [6.07, 6.45) is -0.275. The van der Waals surface area contributed by atoms with Gasteiger partial charge in [-0.25, -0.2) is 0 Å². The second kappa shape index (κ2) is 15.1. The third-order valence-electron chi connectivity index (χ3n) is 8.39. The summed E-state index contributed by atoms with van der Waals surface area (Å²) in [5.74, 6) is 4.13. The second-order valence-corrected chi connectivity index (χ2v) is 11.2. The number of carbonyl (C=O) groups is 1. The van der Waals surface area contributed by atoms with Gasteiger partial charge in [-0.15, -0.1) is 0 Å². The minimum atomic E-state index is -0.457. The quantitative estimate of drug-likeness (QED) is 0.153. The number of oxime groups is 1. The Morgan fingerprint density at radius 1 is 0.660 bits per heavy atom. The molecule has 0 bridgehead atoms. The number of benzene rings is 4. The number of methoxy groups -OCH3 is 6. The van der Waals surface area contributed by atoms with Gasteiger partial charge >= 0.3 is 0 Å². The molecule has 0 saturated heterocycles. The Balaban J connectivity index is 1.08. The van der Waals surface area contributed by atoms with Gasteiger partial charge in [-0.05, 0) is 65.7 Å². The summed E-state index contributed by atoms with van der Waals surface area (Å²) in [5.41, 5.74) is 4.44. The van der Waals surface area contributed by atoms with Crippen LogP contribution in [0.5, 0.6) is 46.0 Å². The summed E-state index contributed by atoms with van der Waals surface area (Å²) >= 11 is 0. The molecule has 4 aromatic rings. The average Bonchev–Trinajstić information content (AvgIpc) is 3.66. The lowest BCUT2D eigenvalue weighted by molar-refractivity contribution is 0.0854. The summed E-state index contributed by atoms with van der Waals surface area (Å²) in [6, 6.07) is 20.2. The molecule has 13 heteroatoms. The summed E-state index contributed by atoms with van der Waals surface area (Å²) in [6.45, 7) is 0.453. The summed E-state index contributed by atoms with van der Waals surface area (Å²) in [5, 5.41) is 10.7. The van der Waals surface area contributed by atoms with E-state index < -0.39 is 6.17 Å². The molecule has 4 aromatic carbocycles. The highest BCUT2D eigenvalue weighted by molar-refractivity contribution is 6.03. The first kappa shape index (κ1) is 33.9. The van der Waals surface area contributed by atoms with Crippen LogP contribution in [0.2, 0.25) is 0 Å². The van der Waals surface area contributed by atoms with Gasteiger partial charge in [0.05, 0.1) is 53.9 Å². The van der Waals surface area contributed by atoms with Gasteiger partial charge in [0.1, 0.15) is 25.1 Å². The van der Waals surface area contributed by atoms with Crippen LogP contribution in [0, 0.1) is 0 Å². The van der Waals surface area contributed by atoms with E-state index in [1.54, 1.807) is 60.9 Å². The topological polar surface area (TPSA) is 137 Å². The van der Waals surface area contributed by atoms with Crippen molar-refractivity contribution in [3.8, 4) is 46.0 Å². The lowest BCUT2D eigenvalue weighted by Gasteiger charge is -2.28. The van der Waals surface area contributed by atoms with Gasteiger partial charge < -0.3 is 53.4 Å². The summed E-state index contributed by atoms with van der Waals surface area (Å²) < 4.78 is 45.0. The number of fused-ring (bicyclic) bond motifs is 1. The SMILES string of the molecule is COc1ccc2c(c1)C(=O)NC(c1ccc(OCCOc3cc(C4CC(c5cc(OC)c(OC)c(OC)c5)=NO4)ccc3OC)c(OC)c1)N2. The van der Waals surface area contributed by atoms with Gasteiger partial charge in [0, 0.05) is 17.7 Å². The number of nitrogens with zero attached hydrogens (tertiary/aromatic N) is 1. The summed E-state index contributed by atoms with van der Waals surface area (Å²) in [7, 11) is 9.42. The van der Waals surface area contributed by atoms with E-state index >= 15 is 0 Å². The predicted octanol–water partition coefficient (Wildman–Crippen LogP) is 5.92. The number of hydrogen-bond acceptors (Lipinski definition) is 12. The van der Waals surface area contributed by atoms with Gasteiger partial charge in [0.15, 0.2) is 40.6 Å². The molecule has 0 fully saturated rings. The van der Waals surface area contributed by atoms with Crippen molar-refractivity contribution in [2.24, 2.45) is 5.16 Å². The molecule has 0 spiro atoms. The van der Waals surface area contributed by atoms with Crippen LogP contribution < -0.4 is 48.5 Å². The molecule has 2 atom stereocenters.